The Morgan fingerprint density at radius 1 is 1.36 bits per heavy atom. The Labute approximate surface area is 138 Å². The molecule has 128 valence electrons. The summed E-state index contributed by atoms with van der Waals surface area (Å²) in [6.07, 6.45) is 8.56. The van der Waals surface area contributed by atoms with Crippen molar-refractivity contribution in [1.82, 2.24) is 10.6 Å². The summed E-state index contributed by atoms with van der Waals surface area (Å²) in [4.78, 5) is 4.64. The fraction of sp³-hybridized carbons (Fsp3) is 0.938. The van der Waals surface area contributed by atoms with Crippen LogP contribution in [0.25, 0.3) is 0 Å². The van der Waals surface area contributed by atoms with Gasteiger partial charge < -0.3 is 20.5 Å². The van der Waals surface area contributed by atoms with Gasteiger partial charge in [-0.05, 0) is 32.4 Å². The number of hydrogen-bond acceptors (Lipinski definition) is 4. The van der Waals surface area contributed by atoms with Crippen molar-refractivity contribution in [1.29, 1.82) is 0 Å². The molecule has 6 heteroatoms. The molecule has 3 N–H and O–H groups in total. The van der Waals surface area contributed by atoms with Crippen molar-refractivity contribution in [3.8, 4) is 0 Å². The molecule has 22 heavy (non-hydrogen) atoms. The van der Waals surface area contributed by atoms with Gasteiger partial charge in [-0.25, -0.2) is 0 Å². The highest BCUT2D eigenvalue weighted by Gasteiger charge is 2.30. The summed E-state index contributed by atoms with van der Waals surface area (Å²) in [7, 11) is 0. The summed E-state index contributed by atoms with van der Waals surface area (Å²) in [6.45, 7) is 4.63. The second kappa shape index (κ2) is 8.99. The molecule has 2 aliphatic rings. The Morgan fingerprint density at radius 2 is 2.14 bits per heavy atom. The number of hydrogen-bond donors (Lipinski definition) is 3. The number of aliphatic imine (C=N–C) groups is 1. The SMILES string of the molecule is CCNC(=NCC1(O)CCOCC1)NC1CCCC(SC)C1. The smallest absolute Gasteiger partial charge is 0.191 e. The Morgan fingerprint density at radius 3 is 2.82 bits per heavy atom. The van der Waals surface area contributed by atoms with Gasteiger partial charge in [0.1, 0.15) is 0 Å². The Balaban J connectivity index is 1.89. The van der Waals surface area contributed by atoms with Crippen LogP contribution in [0.4, 0.5) is 0 Å². The molecule has 1 saturated heterocycles. The van der Waals surface area contributed by atoms with Crippen molar-refractivity contribution >= 4 is 17.7 Å². The zero-order chi connectivity index (χ0) is 15.8. The highest BCUT2D eigenvalue weighted by Crippen LogP contribution is 2.27. The molecule has 1 heterocycles. The van der Waals surface area contributed by atoms with Gasteiger partial charge in [-0.15, -0.1) is 0 Å². The van der Waals surface area contributed by atoms with E-state index in [1.807, 2.05) is 11.8 Å². The van der Waals surface area contributed by atoms with E-state index in [-0.39, 0.29) is 0 Å². The predicted molar refractivity (Wildman–Crippen MR) is 93.7 cm³/mol. The summed E-state index contributed by atoms with van der Waals surface area (Å²) in [5.74, 6) is 0.842. The number of ether oxygens (including phenoxy) is 1. The zero-order valence-electron chi connectivity index (χ0n) is 13.9. The topological polar surface area (TPSA) is 65.9 Å². The van der Waals surface area contributed by atoms with Gasteiger partial charge in [0.2, 0.25) is 0 Å². The maximum atomic E-state index is 10.5. The van der Waals surface area contributed by atoms with Gasteiger partial charge in [0.25, 0.3) is 0 Å². The summed E-state index contributed by atoms with van der Waals surface area (Å²) < 4.78 is 5.32. The molecule has 0 aromatic rings. The molecule has 0 aromatic carbocycles. The molecule has 2 rings (SSSR count). The molecule has 1 aliphatic heterocycles. The van der Waals surface area contributed by atoms with Crippen LogP contribution in [-0.2, 0) is 4.74 Å². The van der Waals surface area contributed by atoms with Crippen LogP contribution in [0.1, 0.15) is 45.4 Å². The Hall–Kier alpha value is -0.460. The molecule has 5 nitrogen and oxygen atoms in total. The maximum Gasteiger partial charge on any atom is 0.191 e. The Bertz CT molecular complexity index is 359. The highest BCUT2D eigenvalue weighted by molar-refractivity contribution is 7.99. The summed E-state index contributed by atoms with van der Waals surface area (Å²) >= 11 is 1.97. The first-order valence-electron chi connectivity index (χ1n) is 8.53. The lowest BCUT2D eigenvalue weighted by Gasteiger charge is -2.32. The van der Waals surface area contributed by atoms with Gasteiger partial charge in [0.05, 0.1) is 12.1 Å². The lowest BCUT2D eigenvalue weighted by molar-refractivity contribution is -0.0566. The minimum Gasteiger partial charge on any atom is -0.388 e. The van der Waals surface area contributed by atoms with Gasteiger partial charge in [-0.2, -0.15) is 11.8 Å². The van der Waals surface area contributed by atoms with E-state index in [1.165, 1.54) is 25.7 Å². The third-order valence-corrected chi connectivity index (χ3v) is 5.69. The van der Waals surface area contributed by atoms with Crippen LogP contribution in [0.15, 0.2) is 4.99 Å². The van der Waals surface area contributed by atoms with Crippen molar-refractivity contribution in [2.24, 2.45) is 4.99 Å². The average molecular weight is 330 g/mol. The molecule has 2 unspecified atom stereocenters. The summed E-state index contributed by atoms with van der Waals surface area (Å²) in [5, 5.41) is 18.2. The van der Waals surface area contributed by atoms with Gasteiger partial charge in [0.15, 0.2) is 5.96 Å². The van der Waals surface area contributed by atoms with E-state index in [4.69, 9.17) is 4.74 Å². The number of rotatable bonds is 5. The second-order valence-electron chi connectivity index (χ2n) is 6.40. The molecule has 2 atom stereocenters. The van der Waals surface area contributed by atoms with Gasteiger partial charge >= 0.3 is 0 Å². The maximum absolute atomic E-state index is 10.5. The fourth-order valence-electron chi connectivity index (χ4n) is 3.14. The van der Waals surface area contributed by atoms with Crippen molar-refractivity contribution in [2.75, 3.05) is 32.6 Å². The van der Waals surface area contributed by atoms with E-state index >= 15 is 0 Å². The molecule has 0 radical (unpaired) electrons. The van der Waals surface area contributed by atoms with Gasteiger partial charge in [-0.1, -0.05) is 6.42 Å². The normalized spacial score (nSPS) is 29.1. The van der Waals surface area contributed by atoms with E-state index in [9.17, 15) is 5.11 Å². The number of guanidine groups is 1. The monoisotopic (exact) mass is 329 g/mol. The molecular formula is C16H31N3O2S. The number of nitrogens with zero attached hydrogens (tertiary/aromatic N) is 1. The standard InChI is InChI=1S/C16H31N3O2S/c1-3-17-15(18-12-16(20)7-9-21-10-8-16)19-13-5-4-6-14(11-13)22-2/h13-14,20H,3-12H2,1-2H3,(H2,17,18,19). The molecule has 0 aromatic heterocycles. The molecular weight excluding hydrogens is 298 g/mol. The third-order valence-electron chi connectivity index (χ3n) is 4.60. The summed E-state index contributed by atoms with van der Waals surface area (Å²) in [5.41, 5.74) is -0.699. The van der Waals surface area contributed by atoms with Crippen molar-refractivity contribution < 1.29 is 9.84 Å². The van der Waals surface area contributed by atoms with E-state index < -0.39 is 5.60 Å². The minimum atomic E-state index is -0.699. The molecule has 1 aliphatic carbocycles. The molecule has 2 fully saturated rings. The zero-order valence-corrected chi connectivity index (χ0v) is 14.8. The first-order chi connectivity index (χ1) is 10.6. The number of thioether (sulfide) groups is 1. The lowest BCUT2D eigenvalue weighted by atomic mass is 9.94. The highest BCUT2D eigenvalue weighted by atomic mass is 32.2. The van der Waals surface area contributed by atoms with E-state index in [1.54, 1.807) is 0 Å². The first-order valence-corrected chi connectivity index (χ1v) is 9.82. The summed E-state index contributed by atoms with van der Waals surface area (Å²) in [6, 6.07) is 0.494. The molecule has 0 bridgehead atoms. The second-order valence-corrected chi connectivity index (χ2v) is 7.54. The number of aliphatic hydroxyl groups is 1. The van der Waals surface area contributed by atoms with Crippen LogP contribution in [0.3, 0.4) is 0 Å². The minimum absolute atomic E-state index is 0.449. The van der Waals surface area contributed by atoms with Crippen LogP contribution >= 0.6 is 11.8 Å². The predicted octanol–water partition coefficient (Wildman–Crippen LogP) is 1.76. The van der Waals surface area contributed by atoms with Crippen molar-refractivity contribution in [3.63, 3.8) is 0 Å². The van der Waals surface area contributed by atoms with E-state index in [0.29, 0.717) is 38.6 Å². The van der Waals surface area contributed by atoms with Crippen molar-refractivity contribution in [3.05, 3.63) is 0 Å². The van der Waals surface area contributed by atoms with Crippen LogP contribution in [-0.4, -0.2) is 60.5 Å². The van der Waals surface area contributed by atoms with Gasteiger partial charge in [-0.3, -0.25) is 4.99 Å². The van der Waals surface area contributed by atoms with E-state index in [0.717, 1.165) is 17.8 Å². The van der Waals surface area contributed by atoms with Crippen molar-refractivity contribution in [2.45, 2.75) is 62.3 Å². The quantitative estimate of drug-likeness (QED) is 0.530. The number of nitrogens with one attached hydrogen (secondary N) is 2. The average Bonchev–Trinajstić information content (AvgIpc) is 2.54. The van der Waals surface area contributed by atoms with Crippen LogP contribution in [0.5, 0.6) is 0 Å². The molecule has 1 saturated carbocycles. The van der Waals surface area contributed by atoms with E-state index in [2.05, 4.69) is 28.8 Å². The largest absolute Gasteiger partial charge is 0.388 e. The van der Waals surface area contributed by atoms with Gasteiger partial charge in [0, 0.05) is 43.9 Å². The molecule has 0 amide bonds. The lowest BCUT2D eigenvalue weighted by Crippen LogP contribution is -2.47. The van der Waals surface area contributed by atoms with Crippen LogP contribution in [0, 0.1) is 0 Å². The fourth-order valence-corrected chi connectivity index (χ4v) is 3.97. The van der Waals surface area contributed by atoms with Crippen LogP contribution < -0.4 is 10.6 Å². The Kier molecular flexibility index (Phi) is 7.31. The van der Waals surface area contributed by atoms with Crippen LogP contribution in [0.2, 0.25) is 0 Å². The molecule has 0 spiro atoms. The first kappa shape index (κ1) is 17.9. The third kappa shape index (κ3) is 5.63.